The largest absolute Gasteiger partial charge is 0.475 e. The zero-order valence-corrected chi connectivity index (χ0v) is 17.1. The lowest BCUT2D eigenvalue weighted by Gasteiger charge is -2.24. The van der Waals surface area contributed by atoms with Crippen LogP contribution in [0.3, 0.4) is 0 Å². The van der Waals surface area contributed by atoms with Crippen LogP contribution in [-0.4, -0.2) is 47.1 Å². The third-order valence-corrected chi connectivity index (χ3v) is 5.43. The van der Waals surface area contributed by atoms with Crippen molar-refractivity contribution >= 4 is 12.2 Å². The molecule has 1 atom stereocenters. The number of benzene rings is 1. The van der Waals surface area contributed by atoms with E-state index in [1.54, 1.807) is 10.8 Å². The molecule has 7 nitrogen and oxygen atoms in total. The second-order valence-electron chi connectivity index (χ2n) is 7.55. The van der Waals surface area contributed by atoms with Crippen molar-refractivity contribution in [1.82, 2.24) is 14.5 Å². The summed E-state index contributed by atoms with van der Waals surface area (Å²) in [6.45, 7) is 2.55. The predicted octanol–water partition coefficient (Wildman–Crippen LogP) is 2.83. The third kappa shape index (κ3) is 4.42. The van der Waals surface area contributed by atoms with E-state index in [9.17, 15) is 4.79 Å². The molecule has 0 radical (unpaired) electrons. The van der Waals surface area contributed by atoms with Gasteiger partial charge in [0, 0.05) is 24.4 Å². The molecule has 7 heteroatoms. The first-order valence-electron chi connectivity index (χ1n) is 10.4. The zero-order chi connectivity index (χ0) is 21.0. The smallest absolute Gasteiger partial charge is 0.351 e. The molecule has 5 rings (SSSR count). The highest BCUT2D eigenvalue weighted by atomic mass is 16.6. The summed E-state index contributed by atoms with van der Waals surface area (Å²) in [6, 6.07) is 13.9. The molecule has 0 amide bonds. The number of nitrogens with zero attached hydrogens (tertiary/aromatic N) is 3. The van der Waals surface area contributed by atoms with Crippen molar-refractivity contribution in [3.05, 3.63) is 76.0 Å². The van der Waals surface area contributed by atoms with Crippen LogP contribution in [0.2, 0.25) is 0 Å². The molecule has 31 heavy (non-hydrogen) atoms. The summed E-state index contributed by atoms with van der Waals surface area (Å²) in [4.78, 5) is 21.0. The van der Waals surface area contributed by atoms with E-state index in [0.717, 1.165) is 28.9 Å². The average Bonchev–Trinajstić information content (AvgIpc) is 2.82. The van der Waals surface area contributed by atoms with Gasteiger partial charge in [-0.25, -0.2) is 4.79 Å². The SMILES string of the molecule is O=c1nc(OCC2COCCO2)cc2n1CCc1cc(C=Cc3ccccn3)ccc1-2. The lowest BCUT2D eigenvalue weighted by Crippen LogP contribution is -2.34. The minimum absolute atomic E-state index is 0.143. The van der Waals surface area contributed by atoms with Crippen LogP contribution in [0.1, 0.15) is 16.8 Å². The van der Waals surface area contributed by atoms with Crippen molar-refractivity contribution in [2.45, 2.75) is 19.1 Å². The first kappa shape index (κ1) is 19.7. The van der Waals surface area contributed by atoms with Crippen LogP contribution >= 0.6 is 0 Å². The summed E-state index contributed by atoms with van der Waals surface area (Å²) >= 11 is 0. The van der Waals surface area contributed by atoms with Crippen LogP contribution < -0.4 is 10.4 Å². The average molecular weight is 417 g/mol. The maximum absolute atomic E-state index is 12.6. The van der Waals surface area contributed by atoms with E-state index in [2.05, 4.69) is 28.2 Å². The monoisotopic (exact) mass is 417 g/mol. The predicted molar refractivity (Wildman–Crippen MR) is 117 cm³/mol. The van der Waals surface area contributed by atoms with Crippen LogP contribution in [0.25, 0.3) is 23.4 Å². The highest BCUT2D eigenvalue weighted by molar-refractivity contribution is 5.73. The van der Waals surface area contributed by atoms with Gasteiger partial charge in [-0.15, -0.1) is 0 Å². The highest BCUT2D eigenvalue weighted by Crippen LogP contribution is 2.31. The summed E-state index contributed by atoms with van der Waals surface area (Å²) in [5.41, 5.74) is 4.78. The van der Waals surface area contributed by atoms with Gasteiger partial charge >= 0.3 is 5.69 Å². The standard InChI is InChI=1S/C24H23N3O4/c28-24-26-23(31-16-20-15-29-11-12-30-20)14-22-21-7-5-17(13-18(21)8-10-27(22)24)4-6-19-3-1-2-9-25-19/h1-7,9,13-14,20H,8,10-12,15-16H2. The summed E-state index contributed by atoms with van der Waals surface area (Å²) in [7, 11) is 0. The van der Waals surface area contributed by atoms with E-state index in [4.69, 9.17) is 14.2 Å². The van der Waals surface area contributed by atoms with Gasteiger partial charge in [-0.05, 0) is 35.8 Å². The zero-order valence-electron chi connectivity index (χ0n) is 17.1. The summed E-state index contributed by atoms with van der Waals surface area (Å²) in [6.07, 6.45) is 6.47. The Morgan fingerprint density at radius 3 is 2.97 bits per heavy atom. The highest BCUT2D eigenvalue weighted by Gasteiger charge is 2.20. The van der Waals surface area contributed by atoms with E-state index in [1.807, 2.05) is 36.4 Å². The van der Waals surface area contributed by atoms with Crippen molar-refractivity contribution in [1.29, 1.82) is 0 Å². The fraction of sp³-hybridized carbons (Fsp3) is 0.292. The molecule has 158 valence electrons. The van der Waals surface area contributed by atoms with Gasteiger partial charge < -0.3 is 14.2 Å². The first-order chi connectivity index (χ1) is 15.3. The Balaban J connectivity index is 1.39. The summed E-state index contributed by atoms with van der Waals surface area (Å²) in [5, 5.41) is 0. The molecular formula is C24H23N3O4. The molecule has 0 bridgehead atoms. The molecule has 2 aromatic heterocycles. The molecule has 1 aromatic carbocycles. The topological polar surface area (TPSA) is 75.5 Å². The number of rotatable bonds is 5. The van der Waals surface area contributed by atoms with E-state index >= 15 is 0 Å². The summed E-state index contributed by atoms with van der Waals surface area (Å²) in [5.74, 6) is 0.317. The Bertz CT molecular complexity index is 1150. The Labute approximate surface area is 179 Å². The molecule has 2 aliphatic heterocycles. The second kappa shape index (κ2) is 8.83. The van der Waals surface area contributed by atoms with Crippen molar-refractivity contribution in [2.75, 3.05) is 26.4 Å². The molecule has 1 saturated heterocycles. The molecule has 3 aromatic rings. The van der Waals surface area contributed by atoms with Crippen molar-refractivity contribution in [3.63, 3.8) is 0 Å². The van der Waals surface area contributed by atoms with Gasteiger partial charge in [0.1, 0.15) is 12.7 Å². The van der Waals surface area contributed by atoms with Gasteiger partial charge in [-0.1, -0.05) is 30.3 Å². The fourth-order valence-electron chi connectivity index (χ4n) is 3.87. The molecule has 0 saturated carbocycles. The van der Waals surface area contributed by atoms with Gasteiger partial charge in [0.2, 0.25) is 5.88 Å². The van der Waals surface area contributed by atoms with Gasteiger partial charge in [0.05, 0.1) is 31.2 Å². The Hall–Kier alpha value is -3.29. The molecule has 4 heterocycles. The fourth-order valence-corrected chi connectivity index (χ4v) is 3.87. The molecule has 1 fully saturated rings. The number of pyridine rings is 1. The molecule has 0 N–H and O–H groups in total. The van der Waals surface area contributed by atoms with Crippen molar-refractivity contribution in [2.24, 2.45) is 0 Å². The maximum atomic E-state index is 12.6. The normalized spacial score (nSPS) is 17.9. The molecule has 1 unspecified atom stereocenters. The Morgan fingerprint density at radius 1 is 1.16 bits per heavy atom. The molecule has 0 spiro atoms. The molecular weight excluding hydrogens is 394 g/mol. The van der Waals surface area contributed by atoms with Crippen LogP contribution in [0, 0.1) is 0 Å². The lowest BCUT2D eigenvalue weighted by atomic mass is 9.95. The number of aromatic nitrogens is 3. The molecule has 0 aliphatic carbocycles. The quantitative estimate of drug-likeness (QED) is 0.636. The van der Waals surface area contributed by atoms with Crippen LogP contribution in [-0.2, 0) is 22.4 Å². The minimum Gasteiger partial charge on any atom is -0.475 e. The summed E-state index contributed by atoms with van der Waals surface area (Å²) < 4.78 is 18.5. The third-order valence-electron chi connectivity index (χ3n) is 5.43. The molecule has 2 aliphatic rings. The van der Waals surface area contributed by atoms with Gasteiger partial charge in [-0.2, -0.15) is 4.98 Å². The van der Waals surface area contributed by atoms with E-state index in [-0.39, 0.29) is 11.8 Å². The number of hydrogen-bond acceptors (Lipinski definition) is 6. The lowest BCUT2D eigenvalue weighted by molar-refractivity contribution is -0.102. The van der Waals surface area contributed by atoms with Crippen molar-refractivity contribution < 1.29 is 14.2 Å². The van der Waals surface area contributed by atoms with E-state index in [0.29, 0.717) is 38.9 Å². The van der Waals surface area contributed by atoms with Crippen LogP contribution in [0.15, 0.2) is 53.5 Å². The number of hydrogen-bond donors (Lipinski definition) is 0. The van der Waals surface area contributed by atoms with Gasteiger partial charge in [-0.3, -0.25) is 9.55 Å². The van der Waals surface area contributed by atoms with Crippen LogP contribution in [0.4, 0.5) is 0 Å². The Morgan fingerprint density at radius 2 is 2.13 bits per heavy atom. The maximum Gasteiger partial charge on any atom is 0.351 e. The van der Waals surface area contributed by atoms with E-state index in [1.165, 1.54) is 5.56 Å². The Kier molecular flexibility index (Phi) is 5.60. The van der Waals surface area contributed by atoms with Gasteiger partial charge in [0.15, 0.2) is 0 Å². The number of aryl methyl sites for hydroxylation is 1. The van der Waals surface area contributed by atoms with Crippen molar-refractivity contribution in [3.8, 4) is 17.1 Å². The van der Waals surface area contributed by atoms with Crippen LogP contribution in [0.5, 0.6) is 5.88 Å². The number of fused-ring (bicyclic) bond motifs is 3. The first-order valence-corrected chi connectivity index (χ1v) is 10.4. The minimum atomic E-state index is -0.293. The van der Waals surface area contributed by atoms with E-state index < -0.39 is 0 Å². The second-order valence-corrected chi connectivity index (χ2v) is 7.55. The van der Waals surface area contributed by atoms with Gasteiger partial charge in [0.25, 0.3) is 0 Å². The number of ether oxygens (including phenoxy) is 3.